The van der Waals surface area contributed by atoms with Gasteiger partial charge in [0.2, 0.25) is 0 Å². The SMILES string of the molecule is O=C(O)c1cc(Cl)nc(NCc2cscn2)c1. The number of thiazole rings is 1. The molecule has 0 saturated heterocycles. The average molecular weight is 270 g/mol. The number of rotatable bonds is 4. The number of carboxylic acids is 1. The van der Waals surface area contributed by atoms with Crippen molar-refractivity contribution >= 4 is 34.7 Å². The summed E-state index contributed by atoms with van der Waals surface area (Å²) in [6.45, 7) is 0.482. The van der Waals surface area contributed by atoms with Crippen molar-refractivity contribution in [2.24, 2.45) is 0 Å². The Morgan fingerprint density at radius 2 is 2.35 bits per heavy atom. The number of carbonyl (C=O) groups is 1. The van der Waals surface area contributed by atoms with E-state index in [1.807, 2.05) is 5.38 Å². The Balaban J connectivity index is 2.13. The summed E-state index contributed by atoms with van der Waals surface area (Å²) in [5.74, 6) is -0.617. The van der Waals surface area contributed by atoms with Crippen LogP contribution in [0, 0.1) is 0 Å². The Kier molecular flexibility index (Phi) is 3.55. The predicted molar refractivity (Wildman–Crippen MR) is 65.6 cm³/mol. The monoisotopic (exact) mass is 269 g/mol. The molecular formula is C10H8ClN3O2S. The molecule has 0 unspecified atom stereocenters. The van der Waals surface area contributed by atoms with E-state index in [9.17, 15) is 4.79 Å². The summed E-state index contributed by atoms with van der Waals surface area (Å²) < 4.78 is 0. The summed E-state index contributed by atoms with van der Waals surface area (Å²) in [5, 5.41) is 13.9. The maximum absolute atomic E-state index is 10.8. The number of nitrogens with zero attached hydrogens (tertiary/aromatic N) is 2. The number of hydrogen-bond donors (Lipinski definition) is 2. The highest BCUT2D eigenvalue weighted by Gasteiger charge is 2.07. The van der Waals surface area contributed by atoms with Crippen LogP contribution in [0.1, 0.15) is 16.1 Å². The zero-order valence-corrected chi connectivity index (χ0v) is 10.1. The maximum Gasteiger partial charge on any atom is 0.335 e. The largest absolute Gasteiger partial charge is 0.478 e. The van der Waals surface area contributed by atoms with Gasteiger partial charge in [0.05, 0.1) is 23.3 Å². The second-order valence-electron chi connectivity index (χ2n) is 3.20. The number of aromatic nitrogens is 2. The van der Waals surface area contributed by atoms with E-state index in [0.717, 1.165) is 5.69 Å². The molecule has 0 fully saturated rings. The van der Waals surface area contributed by atoms with Crippen LogP contribution in [0.5, 0.6) is 0 Å². The van der Waals surface area contributed by atoms with Gasteiger partial charge in [-0.3, -0.25) is 0 Å². The number of nitrogens with one attached hydrogen (secondary N) is 1. The lowest BCUT2D eigenvalue weighted by molar-refractivity contribution is 0.0697. The molecule has 88 valence electrons. The van der Waals surface area contributed by atoms with E-state index in [-0.39, 0.29) is 10.7 Å². The molecule has 2 N–H and O–H groups in total. The third-order valence-corrected chi connectivity index (χ3v) is 2.80. The van der Waals surface area contributed by atoms with E-state index in [1.165, 1.54) is 23.5 Å². The third kappa shape index (κ3) is 3.15. The Bertz CT molecular complexity index is 530. The Morgan fingerprint density at radius 1 is 1.53 bits per heavy atom. The van der Waals surface area contributed by atoms with Gasteiger partial charge in [-0.2, -0.15) is 0 Å². The van der Waals surface area contributed by atoms with Crippen LogP contribution in [0.15, 0.2) is 23.0 Å². The van der Waals surface area contributed by atoms with Crippen molar-refractivity contribution in [3.63, 3.8) is 0 Å². The quantitative estimate of drug-likeness (QED) is 0.834. The average Bonchev–Trinajstić information content (AvgIpc) is 2.78. The Hall–Kier alpha value is -1.66. The molecule has 0 amide bonds. The zero-order chi connectivity index (χ0) is 12.3. The fourth-order valence-corrected chi connectivity index (χ4v) is 1.98. The first-order chi connectivity index (χ1) is 8.15. The minimum atomic E-state index is -1.04. The maximum atomic E-state index is 10.8. The minimum Gasteiger partial charge on any atom is -0.478 e. The summed E-state index contributed by atoms with van der Waals surface area (Å²) >= 11 is 7.22. The molecule has 17 heavy (non-hydrogen) atoms. The van der Waals surface area contributed by atoms with Crippen molar-refractivity contribution < 1.29 is 9.90 Å². The smallest absolute Gasteiger partial charge is 0.335 e. The lowest BCUT2D eigenvalue weighted by Gasteiger charge is -2.05. The first-order valence-electron chi connectivity index (χ1n) is 4.67. The molecule has 0 aliphatic heterocycles. The second-order valence-corrected chi connectivity index (χ2v) is 4.31. The van der Waals surface area contributed by atoms with E-state index in [0.29, 0.717) is 12.4 Å². The molecule has 2 aromatic heterocycles. The van der Waals surface area contributed by atoms with Gasteiger partial charge in [0.15, 0.2) is 0 Å². The van der Waals surface area contributed by atoms with Crippen LogP contribution in [0.3, 0.4) is 0 Å². The second kappa shape index (κ2) is 5.11. The Morgan fingerprint density at radius 3 is 3.00 bits per heavy atom. The Labute approximate surface area is 106 Å². The first kappa shape index (κ1) is 11.8. The third-order valence-electron chi connectivity index (χ3n) is 1.98. The molecule has 0 radical (unpaired) electrons. The number of hydrogen-bond acceptors (Lipinski definition) is 5. The molecule has 0 spiro atoms. The van der Waals surface area contributed by atoms with Crippen molar-refractivity contribution in [2.75, 3.05) is 5.32 Å². The number of carboxylic acid groups (broad SMARTS) is 1. The topological polar surface area (TPSA) is 75.1 Å². The van der Waals surface area contributed by atoms with Gasteiger partial charge in [0.25, 0.3) is 0 Å². The summed E-state index contributed by atoms with van der Waals surface area (Å²) in [6.07, 6.45) is 0. The lowest BCUT2D eigenvalue weighted by Crippen LogP contribution is -2.04. The molecule has 2 aromatic rings. The van der Waals surface area contributed by atoms with Gasteiger partial charge < -0.3 is 10.4 Å². The molecule has 0 saturated carbocycles. The van der Waals surface area contributed by atoms with E-state index in [4.69, 9.17) is 16.7 Å². The van der Waals surface area contributed by atoms with Crippen LogP contribution in [0.4, 0.5) is 5.82 Å². The van der Waals surface area contributed by atoms with Crippen molar-refractivity contribution in [3.05, 3.63) is 39.4 Å². The molecule has 0 bridgehead atoms. The summed E-state index contributed by atoms with van der Waals surface area (Å²) in [6, 6.07) is 2.73. The van der Waals surface area contributed by atoms with Crippen molar-refractivity contribution in [1.82, 2.24) is 9.97 Å². The highest BCUT2D eigenvalue weighted by atomic mass is 35.5. The minimum absolute atomic E-state index is 0.103. The molecule has 2 rings (SSSR count). The van der Waals surface area contributed by atoms with Crippen LogP contribution in [0.2, 0.25) is 5.15 Å². The molecule has 0 aliphatic rings. The van der Waals surface area contributed by atoms with Gasteiger partial charge in [0, 0.05) is 5.38 Å². The van der Waals surface area contributed by atoms with Crippen LogP contribution in [-0.2, 0) is 6.54 Å². The van der Waals surface area contributed by atoms with Crippen LogP contribution < -0.4 is 5.32 Å². The van der Waals surface area contributed by atoms with Gasteiger partial charge in [0.1, 0.15) is 11.0 Å². The van der Waals surface area contributed by atoms with Gasteiger partial charge in [-0.25, -0.2) is 14.8 Å². The van der Waals surface area contributed by atoms with E-state index >= 15 is 0 Å². The highest BCUT2D eigenvalue weighted by Crippen LogP contribution is 2.15. The summed E-state index contributed by atoms with van der Waals surface area (Å²) in [5.41, 5.74) is 2.70. The van der Waals surface area contributed by atoms with Crippen molar-refractivity contribution in [3.8, 4) is 0 Å². The molecule has 7 heteroatoms. The standard InChI is InChI=1S/C10H8ClN3O2S/c11-8-1-6(10(15)16)2-9(14-8)12-3-7-4-17-5-13-7/h1-2,4-5H,3H2,(H,12,14)(H,15,16). The molecular weight excluding hydrogens is 262 g/mol. The van der Waals surface area contributed by atoms with Gasteiger partial charge in [-0.05, 0) is 12.1 Å². The highest BCUT2D eigenvalue weighted by molar-refractivity contribution is 7.07. The van der Waals surface area contributed by atoms with Gasteiger partial charge >= 0.3 is 5.97 Å². The predicted octanol–water partition coefficient (Wildman–Crippen LogP) is 2.50. The fourth-order valence-electron chi connectivity index (χ4n) is 1.22. The number of anilines is 1. The number of aromatic carboxylic acids is 1. The molecule has 0 atom stereocenters. The van der Waals surface area contributed by atoms with E-state index in [1.54, 1.807) is 5.51 Å². The van der Waals surface area contributed by atoms with E-state index in [2.05, 4.69) is 15.3 Å². The molecule has 2 heterocycles. The zero-order valence-electron chi connectivity index (χ0n) is 8.55. The molecule has 0 aliphatic carbocycles. The van der Waals surface area contributed by atoms with Crippen LogP contribution >= 0.6 is 22.9 Å². The van der Waals surface area contributed by atoms with Crippen LogP contribution in [0.25, 0.3) is 0 Å². The number of halogens is 1. The molecule has 5 nitrogen and oxygen atoms in total. The molecule has 0 aromatic carbocycles. The van der Waals surface area contributed by atoms with Crippen molar-refractivity contribution in [2.45, 2.75) is 6.54 Å². The normalized spacial score (nSPS) is 10.2. The fraction of sp³-hybridized carbons (Fsp3) is 0.100. The van der Waals surface area contributed by atoms with Gasteiger partial charge in [-0.1, -0.05) is 11.6 Å². The first-order valence-corrected chi connectivity index (χ1v) is 5.99. The van der Waals surface area contributed by atoms with E-state index < -0.39 is 5.97 Å². The van der Waals surface area contributed by atoms with Crippen LogP contribution in [-0.4, -0.2) is 21.0 Å². The lowest BCUT2D eigenvalue weighted by atomic mass is 10.2. The summed E-state index contributed by atoms with van der Waals surface area (Å²) in [7, 11) is 0. The van der Waals surface area contributed by atoms with Crippen molar-refractivity contribution in [1.29, 1.82) is 0 Å². The number of pyridine rings is 1. The van der Waals surface area contributed by atoms with Gasteiger partial charge in [-0.15, -0.1) is 11.3 Å². The summed E-state index contributed by atoms with van der Waals surface area (Å²) in [4.78, 5) is 18.9.